The zero-order valence-corrected chi connectivity index (χ0v) is 16.6. The van der Waals surface area contributed by atoms with Crippen molar-refractivity contribution in [2.75, 3.05) is 12.4 Å². The fourth-order valence-electron chi connectivity index (χ4n) is 2.52. The van der Waals surface area contributed by atoms with Crippen molar-refractivity contribution in [3.05, 3.63) is 81.6 Å². The number of nitrogens with zero attached hydrogens (tertiary/aromatic N) is 2. The maximum atomic E-state index is 13.7. The van der Waals surface area contributed by atoms with Crippen molar-refractivity contribution >= 4 is 39.9 Å². The molecule has 1 heterocycles. The smallest absolute Gasteiger partial charge is 0.260 e. The van der Waals surface area contributed by atoms with E-state index >= 15 is 0 Å². The van der Waals surface area contributed by atoms with Gasteiger partial charge in [-0.25, -0.2) is 9.37 Å². The average molecular weight is 418 g/mol. The number of amides is 2. The number of thiazole rings is 1. The molecule has 1 N–H and O–H groups in total. The van der Waals surface area contributed by atoms with E-state index in [4.69, 9.17) is 11.6 Å². The Labute approximate surface area is 170 Å². The Morgan fingerprint density at radius 2 is 1.89 bits per heavy atom. The summed E-state index contributed by atoms with van der Waals surface area (Å²) in [5, 5.41) is 5.16. The quantitative estimate of drug-likeness (QED) is 0.647. The maximum Gasteiger partial charge on any atom is 0.260 e. The van der Waals surface area contributed by atoms with E-state index in [9.17, 15) is 14.0 Å². The molecular formula is C20H17ClFN3O2S. The number of likely N-dealkylation sites (N-methyl/N-ethyl adjacent to an activating group) is 1. The summed E-state index contributed by atoms with van der Waals surface area (Å²) in [4.78, 5) is 30.4. The maximum absolute atomic E-state index is 13.7. The van der Waals surface area contributed by atoms with Gasteiger partial charge in [0, 0.05) is 24.0 Å². The molecule has 0 unspecified atom stereocenters. The number of nitrogens with one attached hydrogen (secondary N) is 1. The lowest BCUT2D eigenvalue weighted by molar-refractivity contribution is -0.129. The van der Waals surface area contributed by atoms with Gasteiger partial charge in [0.2, 0.25) is 5.91 Å². The summed E-state index contributed by atoms with van der Waals surface area (Å²) >= 11 is 7.31. The number of anilines is 1. The van der Waals surface area contributed by atoms with Gasteiger partial charge in [-0.15, -0.1) is 11.3 Å². The molecule has 2 aromatic carbocycles. The molecule has 0 bridgehead atoms. The molecule has 3 aromatic rings. The number of carbonyl (C=O) groups is 2. The molecule has 0 fully saturated rings. The van der Waals surface area contributed by atoms with Crippen molar-refractivity contribution < 1.29 is 14.0 Å². The van der Waals surface area contributed by atoms with E-state index in [2.05, 4.69) is 10.3 Å². The van der Waals surface area contributed by atoms with Crippen LogP contribution in [0.15, 0.2) is 53.9 Å². The Balaban J connectivity index is 1.59. The molecule has 0 spiro atoms. The van der Waals surface area contributed by atoms with Gasteiger partial charge < -0.3 is 4.90 Å². The molecule has 144 valence electrons. The molecule has 0 aliphatic carbocycles. The van der Waals surface area contributed by atoms with Crippen LogP contribution in [0.1, 0.15) is 21.6 Å². The number of halogens is 2. The van der Waals surface area contributed by atoms with Gasteiger partial charge in [-0.1, -0.05) is 41.9 Å². The Kier molecular flexibility index (Phi) is 6.38. The predicted octanol–water partition coefficient (Wildman–Crippen LogP) is 4.39. The van der Waals surface area contributed by atoms with E-state index in [1.54, 1.807) is 29.5 Å². The van der Waals surface area contributed by atoms with Gasteiger partial charge in [0.05, 0.1) is 17.7 Å². The number of hydrogen-bond donors (Lipinski definition) is 1. The molecule has 0 saturated heterocycles. The largest absolute Gasteiger partial charge is 0.341 e. The molecule has 3 rings (SSSR count). The van der Waals surface area contributed by atoms with Crippen molar-refractivity contribution in [3.63, 3.8) is 0 Å². The molecule has 0 radical (unpaired) electrons. The Bertz CT molecular complexity index is 1010. The number of carbonyl (C=O) groups excluding carboxylic acids is 2. The van der Waals surface area contributed by atoms with Crippen LogP contribution in [0.5, 0.6) is 0 Å². The van der Waals surface area contributed by atoms with E-state index < -0.39 is 11.7 Å². The Hall–Kier alpha value is -2.77. The first kappa shape index (κ1) is 20.0. The van der Waals surface area contributed by atoms with Gasteiger partial charge in [0.15, 0.2) is 5.13 Å². The lowest BCUT2D eigenvalue weighted by atomic mass is 10.2. The van der Waals surface area contributed by atoms with E-state index in [0.717, 1.165) is 5.56 Å². The van der Waals surface area contributed by atoms with Crippen LogP contribution in [-0.2, 0) is 17.8 Å². The van der Waals surface area contributed by atoms with E-state index in [-0.39, 0.29) is 17.9 Å². The van der Waals surface area contributed by atoms with Crippen molar-refractivity contribution in [2.24, 2.45) is 0 Å². The normalized spacial score (nSPS) is 10.5. The summed E-state index contributed by atoms with van der Waals surface area (Å²) in [5.41, 5.74) is 1.33. The highest BCUT2D eigenvalue weighted by molar-refractivity contribution is 7.14. The minimum atomic E-state index is -0.604. The van der Waals surface area contributed by atoms with Crippen molar-refractivity contribution in [3.8, 4) is 0 Å². The van der Waals surface area contributed by atoms with Crippen molar-refractivity contribution in [1.82, 2.24) is 9.88 Å². The van der Waals surface area contributed by atoms with Gasteiger partial charge in [-0.05, 0) is 23.8 Å². The van der Waals surface area contributed by atoms with Gasteiger partial charge in [-0.3, -0.25) is 14.9 Å². The predicted molar refractivity (Wildman–Crippen MR) is 108 cm³/mol. The van der Waals surface area contributed by atoms with E-state index in [1.165, 1.54) is 29.5 Å². The van der Waals surface area contributed by atoms with Crippen LogP contribution >= 0.6 is 22.9 Å². The average Bonchev–Trinajstić information content (AvgIpc) is 3.10. The lowest BCUT2D eigenvalue weighted by Crippen LogP contribution is -2.28. The summed E-state index contributed by atoms with van der Waals surface area (Å²) in [5.74, 6) is -1.31. The van der Waals surface area contributed by atoms with E-state index in [1.807, 2.05) is 18.2 Å². The summed E-state index contributed by atoms with van der Waals surface area (Å²) in [6, 6.07) is 13.1. The molecule has 0 atom stereocenters. The number of rotatable bonds is 6. The molecule has 5 nitrogen and oxygen atoms in total. The first-order chi connectivity index (χ1) is 13.4. The summed E-state index contributed by atoms with van der Waals surface area (Å²) in [6.45, 7) is 0.388. The number of hydrogen-bond acceptors (Lipinski definition) is 4. The van der Waals surface area contributed by atoms with Gasteiger partial charge in [0.25, 0.3) is 5.91 Å². The standard InChI is InChI=1S/C20H17ClFN3O2S/c1-25(11-13-6-2-4-8-16(13)21)18(26)10-14-12-28-20(23-14)24-19(27)15-7-3-5-9-17(15)22/h2-9,12H,10-11H2,1H3,(H,23,24,27). The van der Waals surface area contributed by atoms with Crippen LogP contribution in [0, 0.1) is 5.82 Å². The molecule has 2 amide bonds. The fraction of sp³-hybridized carbons (Fsp3) is 0.150. The summed E-state index contributed by atoms with van der Waals surface area (Å²) in [7, 11) is 1.69. The van der Waals surface area contributed by atoms with Gasteiger partial charge in [0.1, 0.15) is 5.82 Å². The van der Waals surface area contributed by atoms with Crippen molar-refractivity contribution in [2.45, 2.75) is 13.0 Å². The third-order valence-electron chi connectivity index (χ3n) is 4.01. The zero-order chi connectivity index (χ0) is 20.1. The third-order valence-corrected chi connectivity index (χ3v) is 5.19. The summed E-state index contributed by atoms with van der Waals surface area (Å²) in [6.07, 6.45) is 0.0903. The molecule has 0 aliphatic heterocycles. The first-order valence-electron chi connectivity index (χ1n) is 8.41. The Morgan fingerprint density at radius 1 is 1.18 bits per heavy atom. The molecule has 28 heavy (non-hydrogen) atoms. The number of benzene rings is 2. The SMILES string of the molecule is CN(Cc1ccccc1Cl)C(=O)Cc1csc(NC(=O)c2ccccc2F)n1. The van der Waals surface area contributed by atoms with Crippen LogP contribution < -0.4 is 5.32 Å². The second-order valence-corrected chi connectivity index (χ2v) is 7.36. The topological polar surface area (TPSA) is 62.3 Å². The highest BCUT2D eigenvalue weighted by Gasteiger charge is 2.16. The highest BCUT2D eigenvalue weighted by atomic mass is 35.5. The monoisotopic (exact) mass is 417 g/mol. The third kappa shape index (κ3) is 4.94. The van der Waals surface area contributed by atoms with Crippen LogP contribution in [0.25, 0.3) is 0 Å². The van der Waals surface area contributed by atoms with Crippen LogP contribution in [0.4, 0.5) is 9.52 Å². The summed E-state index contributed by atoms with van der Waals surface area (Å²) < 4.78 is 13.7. The molecular weight excluding hydrogens is 401 g/mol. The molecule has 1 aromatic heterocycles. The molecule has 0 aliphatic rings. The van der Waals surface area contributed by atoms with Gasteiger partial charge in [-0.2, -0.15) is 0 Å². The van der Waals surface area contributed by atoms with E-state index in [0.29, 0.717) is 22.4 Å². The second kappa shape index (κ2) is 8.95. The van der Waals surface area contributed by atoms with Crippen LogP contribution in [-0.4, -0.2) is 28.7 Å². The van der Waals surface area contributed by atoms with Crippen LogP contribution in [0.3, 0.4) is 0 Å². The second-order valence-electron chi connectivity index (χ2n) is 6.10. The van der Waals surface area contributed by atoms with Crippen molar-refractivity contribution in [1.29, 1.82) is 0 Å². The number of aromatic nitrogens is 1. The highest BCUT2D eigenvalue weighted by Crippen LogP contribution is 2.20. The van der Waals surface area contributed by atoms with Gasteiger partial charge >= 0.3 is 0 Å². The lowest BCUT2D eigenvalue weighted by Gasteiger charge is -2.17. The minimum absolute atomic E-state index is 0.0604. The molecule has 0 saturated carbocycles. The molecule has 8 heteroatoms. The zero-order valence-electron chi connectivity index (χ0n) is 15.0. The fourth-order valence-corrected chi connectivity index (χ4v) is 3.42. The van der Waals surface area contributed by atoms with Crippen LogP contribution in [0.2, 0.25) is 5.02 Å². The Morgan fingerprint density at radius 3 is 2.64 bits per heavy atom. The minimum Gasteiger partial charge on any atom is -0.341 e. The first-order valence-corrected chi connectivity index (χ1v) is 9.67.